The van der Waals surface area contributed by atoms with Gasteiger partial charge in [-0.1, -0.05) is 43.3 Å². The molecule has 3 aromatic carbocycles. The van der Waals surface area contributed by atoms with Gasteiger partial charge in [-0.05, 0) is 54.4 Å². The van der Waals surface area contributed by atoms with Gasteiger partial charge in [0.15, 0.2) is 0 Å². The highest BCUT2D eigenvalue weighted by Gasteiger charge is 2.19. The van der Waals surface area contributed by atoms with Crippen molar-refractivity contribution in [3.63, 3.8) is 0 Å². The normalized spacial score (nSPS) is 10.6. The van der Waals surface area contributed by atoms with E-state index in [1.54, 1.807) is 31.0 Å². The molecule has 2 N–H and O–H groups in total. The number of carbonyl (C=O) groups excluding carboxylic acids is 2. The quantitative estimate of drug-likeness (QED) is 0.357. The molecule has 0 saturated carbocycles. The maximum absolute atomic E-state index is 13.5. The largest absolute Gasteiger partial charge is 0.497 e. The summed E-state index contributed by atoms with van der Waals surface area (Å²) in [6.07, 6.45) is 2.14. The lowest BCUT2D eigenvalue weighted by Crippen LogP contribution is -2.14. The van der Waals surface area contributed by atoms with Crippen LogP contribution >= 0.6 is 0 Å². The summed E-state index contributed by atoms with van der Waals surface area (Å²) >= 11 is 0. The molecule has 0 aliphatic heterocycles. The summed E-state index contributed by atoms with van der Waals surface area (Å²) in [7, 11) is 1.61. The summed E-state index contributed by atoms with van der Waals surface area (Å²) in [6, 6.07) is 22.9. The molecule has 35 heavy (non-hydrogen) atoms. The molecule has 1 aromatic heterocycles. The second kappa shape index (κ2) is 10.7. The van der Waals surface area contributed by atoms with E-state index in [0.29, 0.717) is 35.6 Å². The third-order valence-electron chi connectivity index (χ3n) is 5.65. The number of anilines is 2. The number of aryl methyl sites for hydroxylation is 1. The van der Waals surface area contributed by atoms with Crippen molar-refractivity contribution in [1.29, 1.82) is 0 Å². The van der Waals surface area contributed by atoms with Gasteiger partial charge in [-0.25, -0.2) is 0 Å². The van der Waals surface area contributed by atoms with Gasteiger partial charge in [-0.2, -0.15) is 5.10 Å². The minimum atomic E-state index is -0.280. The number of ether oxygens (including phenoxy) is 1. The van der Waals surface area contributed by atoms with Gasteiger partial charge in [0, 0.05) is 29.6 Å². The van der Waals surface area contributed by atoms with Gasteiger partial charge in [-0.15, -0.1) is 0 Å². The topological polar surface area (TPSA) is 85.3 Å². The summed E-state index contributed by atoms with van der Waals surface area (Å²) in [5, 5.41) is 10.6. The van der Waals surface area contributed by atoms with Crippen molar-refractivity contribution in [3.05, 3.63) is 95.7 Å². The first-order chi connectivity index (χ1) is 17.0. The number of nitrogens with zero attached hydrogens (tertiary/aromatic N) is 2. The predicted molar refractivity (Wildman–Crippen MR) is 138 cm³/mol. The lowest BCUT2D eigenvalue weighted by atomic mass is 10.1. The second-order valence-corrected chi connectivity index (χ2v) is 8.19. The maximum atomic E-state index is 13.5. The molecule has 2 amide bonds. The Labute approximate surface area is 204 Å². The molecular weight excluding hydrogens is 440 g/mol. The van der Waals surface area contributed by atoms with E-state index >= 15 is 0 Å². The molecule has 1 heterocycles. The molecule has 0 bridgehead atoms. The van der Waals surface area contributed by atoms with Crippen molar-refractivity contribution in [2.24, 2.45) is 0 Å². The Morgan fingerprint density at radius 3 is 2.40 bits per heavy atom. The Kier molecular flexibility index (Phi) is 7.26. The van der Waals surface area contributed by atoms with Crippen molar-refractivity contribution in [2.45, 2.75) is 26.8 Å². The molecule has 0 saturated heterocycles. The van der Waals surface area contributed by atoms with Gasteiger partial charge in [0.25, 0.3) is 5.91 Å². The molecular formula is C28H28N4O3. The highest BCUT2D eigenvalue weighted by atomic mass is 16.5. The summed E-state index contributed by atoms with van der Waals surface area (Å²) in [4.78, 5) is 25.3. The molecule has 0 aliphatic carbocycles. The Balaban J connectivity index is 1.67. The third kappa shape index (κ3) is 5.76. The monoisotopic (exact) mass is 468 g/mol. The van der Waals surface area contributed by atoms with Crippen molar-refractivity contribution in [1.82, 2.24) is 9.78 Å². The maximum Gasteiger partial charge on any atom is 0.259 e. The molecule has 178 valence electrons. The molecule has 4 rings (SSSR count). The van der Waals surface area contributed by atoms with E-state index in [-0.39, 0.29) is 11.8 Å². The number of hydrogen-bond donors (Lipinski definition) is 2. The van der Waals surface area contributed by atoms with E-state index in [1.165, 1.54) is 0 Å². The first-order valence-electron chi connectivity index (χ1n) is 11.4. The van der Waals surface area contributed by atoms with E-state index in [4.69, 9.17) is 9.84 Å². The fraction of sp³-hybridized carbons (Fsp3) is 0.179. The van der Waals surface area contributed by atoms with E-state index < -0.39 is 0 Å². The van der Waals surface area contributed by atoms with Gasteiger partial charge in [0.2, 0.25) is 5.91 Å². The lowest BCUT2D eigenvalue weighted by Gasteiger charge is -2.11. The molecule has 0 radical (unpaired) electrons. The zero-order valence-electron chi connectivity index (χ0n) is 20.0. The number of nitrogens with one attached hydrogen (secondary N) is 2. The van der Waals surface area contributed by atoms with Gasteiger partial charge in [-0.3, -0.25) is 14.3 Å². The van der Waals surface area contributed by atoms with Crippen LogP contribution in [-0.4, -0.2) is 28.7 Å². The van der Waals surface area contributed by atoms with Gasteiger partial charge >= 0.3 is 0 Å². The smallest absolute Gasteiger partial charge is 0.259 e. The Hall–Kier alpha value is -4.39. The second-order valence-electron chi connectivity index (χ2n) is 8.19. The number of hydrogen-bond acceptors (Lipinski definition) is 4. The minimum absolute atomic E-state index is 0.0879. The van der Waals surface area contributed by atoms with Crippen LogP contribution in [-0.2, 0) is 11.3 Å². The number of benzene rings is 3. The van der Waals surface area contributed by atoms with Gasteiger partial charge in [0.05, 0.1) is 19.2 Å². The Bertz CT molecular complexity index is 1330. The van der Waals surface area contributed by atoms with Gasteiger partial charge < -0.3 is 15.4 Å². The summed E-state index contributed by atoms with van der Waals surface area (Å²) in [5.74, 6) is 0.359. The van der Waals surface area contributed by atoms with Crippen molar-refractivity contribution in [2.75, 3.05) is 17.7 Å². The molecule has 7 nitrogen and oxygen atoms in total. The first-order valence-corrected chi connectivity index (χ1v) is 11.4. The van der Waals surface area contributed by atoms with Crippen molar-refractivity contribution in [3.8, 4) is 17.0 Å². The van der Waals surface area contributed by atoms with Gasteiger partial charge in [0.1, 0.15) is 11.4 Å². The van der Waals surface area contributed by atoms with Crippen LogP contribution in [0.25, 0.3) is 11.3 Å². The van der Waals surface area contributed by atoms with Crippen LogP contribution in [0.3, 0.4) is 0 Å². The average Bonchev–Trinajstić information content (AvgIpc) is 3.30. The van der Waals surface area contributed by atoms with E-state index in [1.807, 2.05) is 73.7 Å². The number of amides is 2. The average molecular weight is 469 g/mol. The van der Waals surface area contributed by atoms with Crippen LogP contribution in [0.4, 0.5) is 11.4 Å². The molecule has 0 spiro atoms. The fourth-order valence-electron chi connectivity index (χ4n) is 3.67. The van der Waals surface area contributed by atoms with Crippen molar-refractivity contribution < 1.29 is 14.3 Å². The van der Waals surface area contributed by atoms with Crippen LogP contribution in [0.2, 0.25) is 0 Å². The summed E-state index contributed by atoms with van der Waals surface area (Å²) < 4.78 is 7.04. The molecule has 0 aliphatic rings. The molecule has 0 unspecified atom stereocenters. The Morgan fingerprint density at radius 1 is 0.971 bits per heavy atom. The van der Waals surface area contributed by atoms with E-state index in [0.717, 1.165) is 22.4 Å². The summed E-state index contributed by atoms with van der Waals surface area (Å²) in [5.41, 5.74) is 5.06. The minimum Gasteiger partial charge on any atom is -0.497 e. The molecule has 7 heteroatoms. The van der Waals surface area contributed by atoms with Crippen LogP contribution in [0.1, 0.15) is 34.8 Å². The van der Waals surface area contributed by atoms with Crippen LogP contribution in [0.15, 0.2) is 79.0 Å². The van der Waals surface area contributed by atoms with Crippen LogP contribution in [0.5, 0.6) is 5.75 Å². The summed E-state index contributed by atoms with van der Waals surface area (Å²) in [6.45, 7) is 4.24. The third-order valence-corrected chi connectivity index (χ3v) is 5.65. The van der Waals surface area contributed by atoms with Crippen LogP contribution in [0, 0.1) is 6.92 Å². The SMILES string of the molecule is CCC(=O)Nc1ccc(C)c(NC(=O)c2cn(Cc3ccccc3)nc2-c2ccc(OC)cc2)c1. The molecule has 0 fully saturated rings. The fourth-order valence-corrected chi connectivity index (χ4v) is 3.67. The standard InChI is InChI=1S/C28H28N4O3/c1-4-26(33)29-22-13-10-19(2)25(16-22)30-28(34)24-18-32(17-20-8-6-5-7-9-20)31-27(24)21-11-14-23(35-3)15-12-21/h5-16,18H,4,17H2,1-3H3,(H,29,33)(H,30,34). The zero-order chi connectivity index (χ0) is 24.8. The lowest BCUT2D eigenvalue weighted by molar-refractivity contribution is -0.115. The Morgan fingerprint density at radius 2 is 1.71 bits per heavy atom. The predicted octanol–water partition coefficient (Wildman–Crippen LogP) is 5.52. The molecule has 4 aromatic rings. The highest BCUT2D eigenvalue weighted by Crippen LogP contribution is 2.27. The number of rotatable bonds is 8. The number of aromatic nitrogens is 2. The van der Waals surface area contributed by atoms with Crippen LogP contribution < -0.4 is 15.4 Å². The highest BCUT2D eigenvalue weighted by molar-refractivity contribution is 6.08. The van der Waals surface area contributed by atoms with E-state index in [9.17, 15) is 9.59 Å². The van der Waals surface area contributed by atoms with E-state index in [2.05, 4.69) is 10.6 Å². The first kappa shape index (κ1) is 23.8. The molecule has 0 atom stereocenters. The zero-order valence-corrected chi connectivity index (χ0v) is 20.0. The van der Waals surface area contributed by atoms with Crippen molar-refractivity contribution >= 4 is 23.2 Å². The number of methoxy groups -OCH3 is 1. The number of carbonyl (C=O) groups is 2.